The molecule has 2 aromatic carbocycles. The van der Waals surface area contributed by atoms with Crippen molar-refractivity contribution in [3.63, 3.8) is 0 Å². The van der Waals surface area contributed by atoms with Gasteiger partial charge in [0.25, 0.3) is 0 Å². The van der Waals surface area contributed by atoms with Gasteiger partial charge in [0, 0.05) is 11.0 Å². The highest BCUT2D eigenvalue weighted by Gasteiger charge is 2.37. The van der Waals surface area contributed by atoms with E-state index < -0.39 is 10.0 Å². The number of para-hydroxylation sites is 1. The fourth-order valence-corrected chi connectivity index (χ4v) is 6.51. The van der Waals surface area contributed by atoms with Crippen LogP contribution in [-0.4, -0.2) is 24.3 Å². The van der Waals surface area contributed by atoms with Gasteiger partial charge in [0.05, 0.1) is 21.2 Å². The number of nitrogens with zero attached hydrogens (tertiary/aromatic N) is 2. The van der Waals surface area contributed by atoms with E-state index in [1.165, 1.54) is 0 Å². The molecule has 2 heterocycles. The summed E-state index contributed by atoms with van der Waals surface area (Å²) >= 11 is 4.94. The van der Waals surface area contributed by atoms with Crippen molar-refractivity contribution in [2.24, 2.45) is 0 Å². The second kappa shape index (κ2) is 6.22. The number of fused-ring (bicyclic) bond motifs is 1. The van der Waals surface area contributed by atoms with Gasteiger partial charge in [-0.05, 0) is 43.2 Å². The first-order valence-electron chi connectivity index (χ1n) is 7.68. The highest BCUT2D eigenvalue weighted by Crippen LogP contribution is 2.39. The number of benzene rings is 2. The molecule has 0 aliphatic carbocycles. The van der Waals surface area contributed by atoms with E-state index in [1.807, 2.05) is 30.3 Å². The van der Waals surface area contributed by atoms with E-state index in [9.17, 15) is 8.42 Å². The second-order valence-corrected chi connectivity index (χ2v) is 9.62. The molecule has 1 aliphatic rings. The minimum atomic E-state index is -3.53. The number of rotatable bonds is 3. The quantitative estimate of drug-likeness (QED) is 0.620. The van der Waals surface area contributed by atoms with Gasteiger partial charge in [-0.2, -0.15) is 4.31 Å². The van der Waals surface area contributed by atoms with Gasteiger partial charge in [-0.25, -0.2) is 13.4 Å². The Morgan fingerprint density at radius 2 is 2.00 bits per heavy atom. The van der Waals surface area contributed by atoms with Crippen LogP contribution in [0.1, 0.15) is 23.9 Å². The molecule has 1 aromatic heterocycles. The van der Waals surface area contributed by atoms with Gasteiger partial charge in [-0.15, -0.1) is 11.3 Å². The second-order valence-electron chi connectivity index (χ2n) is 5.75. The molecule has 4 rings (SSSR count). The van der Waals surface area contributed by atoms with Crippen LogP contribution < -0.4 is 0 Å². The fourth-order valence-electron chi connectivity index (χ4n) is 3.07. The van der Waals surface area contributed by atoms with Crippen molar-refractivity contribution in [1.29, 1.82) is 0 Å². The summed E-state index contributed by atoms with van der Waals surface area (Å²) in [6.07, 6.45) is 1.67. The number of aromatic nitrogens is 1. The van der Waals surface area contributed by atoms with Crippen LogP contribution in [-0.2, 0) is 10.0 Å². The number of halogens is 1. The van der Waals surface area contributed by atoms with Gasteiger partial charge in [0.15, 0.2) is 0 Å². The number of thiazole rings is 1. The molecule has 0 amide bonds. The Morgan fingerprint density at radius 3 is 2.79 bits per heavy atom. The van der Waals surface area contributed by atoms with Crippen LogP contribution in [0.5, 0.6) is 0 Å². The molecule has 4 nitrogen and oxygen atoms in total. The minimum Gasteiger partial charge on any atom is -0.239 e. The van der Waals surface area contributed by atoms with Crippen molar-refractivity contribution < 1.29 is 8.42 Å². The summed E-state index contributed by atoms with van der Waals surface area (Å²) in [6.45, 7) is 0.537. The van der Waals surface area contributed by atoms with Crippen molar-refractivity contribution in [3.05, 3.63) is 58.0 Å². The molecular weight excluding hydrogens is 408 g/mol. The largest absolute Gasteiger partial charge is 0.243 e. The first-order valence-corrected chi connectivity index (χ1v) is 10.7. The molecule has 0 N–H and O–H groups in total. The number of hydrogen-bond donors (Lipinski definition) is 0. The van der Waals surface area contributed by atoms with Crippen molar-refractivity contribution in [3.8, 4) is 0 Å². The summed E-state index contributed by atoms with van der Waals surface area (Å²) in [5, 5.41) is 0.882. The summed E-state index contributed by atoms with van der Waals surface area (Å²) in [4.78, 5) is 5.00. The molecule has 0 saturated carbocycles. The summed E-state index contributed by atoms with van der Waals surface area (Å²) in [6, 6.07) is 14.6. The Bertz CT molecular complexity index is 968. The predicted octanol–water partition coefficient (Wildman–Crippen LogP) is 4.58. The smallest absolute Gasteiger partial charge is 0.239 e. The van der Waals surface area contributed by atoms with E-state index in [4.69, 9.17) is 0 Å². The van der Waals surface area contributed by atoms with E-state index in [0.717, 1.165) is 32.5 Å². The summed E-state index contributed by atoms with van der Waals surface area (Å²) in [7, 11) is -3.53. The van der Waals surface area contributed by atoms with E-state index in [1.54, 1.807) is 33.8 Å². The Hall–Kier alpha value is -1.28. The van der Waals surface area contributed by atoms with Crippen LogP contribution in [0, 0.1) is 0 Å². The van der Waals surface area contributed by atoms with E-state index in [-0.39, 0.29) is 6.04 Å². The average molecular weight is 423 g/mol. The maximum absolute atomic E-state index is 13.1. The first kappa shape index (κ1) is 16.2. The topological polar surface area (TPSA) is 50.3 Å². The van der Waals surface area contributed by atoms with Crippen molar-refractivity contribution in [1.82, 2.24) is 9.29 Å². The predicted molar refractivity (Wildman–Crippen MR) is 99.6 cm³/mol. The molecule has 1 saturated heterocycles. The third kappa shape index (κ3) is 2.79. The SMILES string of the molecule is O=S(=O)(c1cccc(Br)c1)N1CCC[C@@H]1c1nc2ccccc2s1. The molecule has 1 atom stereocenters. The van der Waals surface area contributed by atoms with Gasteiger partial charge in [0.2, 0.25) is 10.0 Å². The van der Waals surface area contributed by atoms with E-state index >= 15 is 0 Å². The zero-order valence-corrected chi connectivity index (χ0v) is 15.9. The van der Waals surface area contributed by atoms with E-state index in [0.29, 0.717) is 11.4 Å². The summed E-state index contributed by atoms with van der Waals surface area (Å²) in [5.74, 6) is 0. The Labute approximate surface area is 153 Å². The lowest BCUT2D eigenvalue weighted by Gasteiger charge is -2.22. The zero-order chi connectivity index (χ0) is 16.7. The molecular formula is C17H15BrN2O2S2. The van der Waals surface area contributed by atoms with Crippen molar-refractivity contribution >= 4 is 47.5 Å². The molecule has 0 unspecified atom stereocenters. The molecule has 7 heteroatoms. The Balaban J connectivity index is 1.74. The normalized spacial score (nSPS) is 19.1. The molecule has 0 radical (unpaired) electrons. The van der Waals surface area contributed by atoms with Crippen LogP contribution in [0.15, 0.2) is 57.9 Å². The van der Waals surface area contributed by atoms with Crippen LogP contribution in [0.4, 0.5) is 0 Å². The van der Waals surface area contributed by atoms with Crippen LogP contribution in [0.2, 0.25) is 0 Å². The zero-order valence-electron chi connectivity index (χ0n) is 12.7. The summed E-state index contributed by atoms with van der Waals surface area (Å²) < 4.78 is 29.6. The highest BCUT2D eigenvalue weighted by molar-refractivity contribution is 9.10. The molecule has 24 heavy (non-hydrogen) atoms. The lowest BCUT2D eigenvalue weighted by molar-refractivity contribution is 0.396. The molecule has 0 bridgehead atoms. The van der Waals surface area contributed by atoms with Gasteiger partial charge in [0.1, 0.15) is 5.01 Å². The number of sulfonamides is 1. The van der Waals surface area contributed by atoms with Crippen LogP contribution in [0.3, 0.4) is 0 Å². The van der Waals surface area contributed by atoms with Gasteiger partial charge in [-0.1, -0.05) is 34.1 Å². The van der Waals surface area contributed by atoms with Crippen molar-refractivity contribution in [2.75, 3.05) is 6.54 Å². The maximum Gasteiger partial charge on any atom is 0.243 e. The van der Waals surface area contributed by atoms with Crippen molar-refractivity contribution in [2.45, 2.75) is 23.8 Å². The molecule has 1 fully saturated rings. The van der Waals surface area contributed by atoms with Gasteiger partial charge < -0.3 is 0 Å². The molecule has 1 aliphatic heterocycles. The summed E-state index contributed by atoms with van der Waals surface area (Å²) in [5.41, 5.74) is 0.934. The fraction of sp³-hybridized carbons (Fsp3) is 0.235. The maximum atomic E-state index is 13.1. The third-order valence-electron chi connectivity index (χ3n) is 4.20. The van der Waals surface area contributed by atoms with Gasteiger partial charge in [-0.3, -0.25) is 0 Å². The Morgan fingerprint density at radius 1 is 1.17 bits per heavy atom. The molecule has 3 aromatic rings. The monoisotopic (exact) mass is 422 g/mol. The minimum absolute atomic E-state index is 0.175. The molecule has 124 valence electrons. The third-order valence-corrected chi connectivity index (χ3v) is 7.74. The van der Waals surface area contributed by atoms with Crippen LogP contribution >= 0.6 is 27.3 Å². The highest BCUT2D eigenvalue weighted by atomic mass is 79.9. The first-order chi connectivity index (χ1) is 11.6. The lowest BCUT2D eigenvalue weighted by atomic mass is 10.2. The lowest BCUT2D eigenvalue weighted by Crippen LogP contribution is -2.30. The van der Waals surface area contributed by atoms with Gasteiger partial charge >= 0.3 is 0 Å². The average Bonchev–Trinajstić information content (AvgIpc) is 3.21. The molecule has 0 spiro atoms. The standard InChI is InChI=1S/C17H15BrN2O2S2/c18-12-5-3-6-13(11-12)24(21,22)20-10-4-8-15(20)17-19-14-7-1-2-9-16(14)23-17/h1-3,5-7,9,11,15H,4,8,10H2/t15-/m1/s1. The number of hydrogen-bond acceptors (Lipinski definition) is 4. The van der Waals surface area contributed by atoms with E-state index in [2.05, 4.69) is 20.9 Å². The van der Waals surface area contributed by atoms with Crippen LogP contribution in [0.25, 0.3) is 10.2 Å². The Kier molecular flexibility index (Phi) is 4.20.